The molecule has 1 heterocycles. The van der Waals surface area contributed by atoms with E-state index in [-0.39, 0.29) is 18.3 Å². The van der Waals surface area contributed by atoms with Crippen LogP contribution < -0.4 is 4.74 Å². The van der Waals surface area contributed by atoms with Crippen LogP contribution in [0.5, 0.6) is 5.75 Å². The molecular weight excluding hydrogens is 400 g/mol. The molecule has 0 aliphatic heterocycles. The summed E-state index contributed by atoms with van der Waals surface area (Å²) < 4.78 is 10.8. The van der Waals surface area contributed by atoms with E-state index in [1.54, 1.807) is 35.3 Å². The molecule has 30 heavy (non-hydrogen) atoms. The number of nitrogens with zero attached hydrogens (tertiary/aromatic N) is 2. The predicted molar refractivity (Wildman–Crippen MR) is 117 cm³/mol. The van der Waals surface area contributed by atoms with Crippen molar-refractivity contribution in [2.24, 2.45) is 5.92 Å². The Balaban J connectivity index is 1.56. The molecule has 0 radical (unpaired) electrons. The van der Waals surface area contributed by atoms with Crippen molar-refractivity contribution in [2.75, 3.05) is 19.7 Å². The van der Waals surface area contributed by atoms with Gasteiger partial charge in [-0.05, 0) is 56.4 Å². The third-order valence-electron chi connectivity index (χ3n) is 4.71. The van der Waals surface area contributed by atoms with Crippen LogP contribution in [0.3, 0.4) is 0 Å². The fourth-order valence-electron chi connectivity index (χ4n) is 2.98. The molecule has 0 spiro atoms. The highest BCUT2D eigenvalue weighted by atomic mass is 32.1. The summed E-state index contributed by atoms with van der Waals surface area (Å²) in [4.78, 5) is 30.5. The third kappa shape index (κ3) is 7.30. The average molecular weight is 429 g/mol. The molecule has 1 aliphatic carbocycles. The van der Waals surface area contributed by atoms with Crippen molar-refractivity contribution in [2.45, 2.75) is 39.7 Å². The highest BCUT2D eigenvalue weighted by Gasteiger charge is 2.26. The molecule has 0 unspecified atom stereocenters. The minimum Gasteiger partial charge on any atom is -0.487 e. The van der Waals surface area contributed by atoms with Crippen LogP contribution in [-0.2, 0) is 20.9 Å². The van der Waals surface area contributed by atoms with E-state index < -0.39 is 0 Å². The molecule has 1 fully saturated rings. The number of amides is 1. The summed E-state index contributed by atoms with van der Waals surface area (Å²) in [7, 11) is 0. The van der Waals surface area contributed by atoms with Crippen molar-refractivity contribution >= 4 is 29.3 Å². The Morgan fingerprint density at radius 1 is 1.33 bits per heavy atom. The van der Waals surface area contributed by atoms with Gasteiger partial charge < -0.3 is 14.4 Å². The number of thiazole rings is 1. The molecule has 0 N–H and O–H groups in total. The van der Waals surface area contributed by atoms with Crippen molar-refractivity contribution in [3.05, 3.63) is 52.0 Å². The molecule has 6 nitrogen and oxygen atoms in total. The number of esters is 1. The van der Waals surface area contributed by atoms with Crippen molar-refractivity contribution in [3.63, 3.8) is 0 Å². The van der Waals surface area contributed by atoms with Crippen LogP contribution in [0.25, 0.3) is 6.08 Å². The Hall–Kier alpha value is -2.67. The first-order valence-corrected chi connectivity index (χ1v) is 11.2. The number of carbonyl (C=O) groups excluding carboxylic acids is 2. The summed E-state index contributed by atoms with van der Waals surface area (Å²) in [6, 6.07) is 7.60. The molecule has 1 aliphatic rings. The molecule has 1 saturated carbocycles. The summed E-state index contributed by atoms with van der Waals surface area (Å²) in [6.45, 7) is 5.60. The molecule has 0 saturated heterocycles. The van der Waals surface area contributed by atoms with Crippen LogP contribution in [0.15, 0.2) is 35.7 Å². The van der Waals surface area contributed by atoms with E-state index in [9.17, 15) is 9.59 Å². The van der Waals surface area contributed by atoms with Gasteiger partial charge in [0.2, 0.25) is 5.91 Å². The van der Waals surface area contributed by atoms with Gasteiger partial charge in [0.15, 0.2) is 0 Å². The minimum absolute atomic E-state index is 0.0875. The number of hydrogen-bond donors (Lipinski definition) is 0. The van der Waals surface area contributed by atoms with Crippen LogP contribution in [0.1, 0.15) is 42.5 Å². The zero-order chi connectivity index (χ0) is 21.3. The molecule has 0 bridgehead atoms. The fourth-order valence-corrected chi connectivity index (χ4v) is 3.57. The number of ether oxygens (including phenoxy) is 2. The predicted octanol–water partition coefficient (Wildman–Crippen LogP) is 4.24. The molecule has 1 aromatic heterocycles. The molecule has 1 aromatic carbocycles. The van der Waals surface area contributed by atoms with Crippen LogP contribution in [0, 0.1) is 12.8 Å². The summed E-state index contributed by atoms with van der Waals surface area (Å²) >= 11 is 1.60. The lowest BCUT2D eigenvalue weighted by atomic mass is 10.2. The number of aromatic nitrogens is 1. The molecule has 2 aromatic rings. The fraction of sp³-hybridized carbons (Fsp3) is 0.435. The Morgan fingerprint density at radius 3 is 2.87 bits per heavy atom. The van der Waals surface area contributed by atoms with Gasteiger partial charge in [0.25, 0.3) is 0 Å². The van der Waals surface area contributed by atoms with Gasteiger partial charge >= 0.3 is 5.97 Å². The highest BCUT2D eigenvalue weighted by molar-refractivity contribution is 7.09. The first kappa shape index (κ1) is 22.0. The van der Waals surface area contributed by atoms with Crippen LogP contribution >= 0.6 is 11.3 Å². The lowest BCUT2D eigenvalue weighted by Crippen LogP contribution is -2.33. The zero-order valence-electron chi connectivity index (χ0n) is 17.5. The van der Waals surface area contributed by atoms with Crippen LogP contribution in [0.4, 0.5) is 0 Å². The second-order valence-electron chi connectivity index (χ2n) is 7.34. The number of hydrogen-bond acceptors (Lipinski definition) is 6. The Bertz CT molecular complexity index is 889. The summed E-state index contributed by atoms with van der Waals surface area (Å²) in [6.07, 6.45) is 5.86. The summed E-state index contributed by atoms with van der Waals surface area (Å²) in [5, 5.41) is 3.00. The van der Waals surface area contributed by atoms with E-state index in [4.69, 9.17) is 9.47 Å². The van der Waals surface area contributed by atoms with Gasteiger partial charge in [-0.3, -0.25) is 9.59 Å². The van der Waals surface area contributed by atoms with E-state index in [0.717, 1.165) is 34.9 Å². The van der Waals surface area contributed by atoms with Crippen LogP contribution in [-0.4, -0.2) is 41.5 Å². The first-order chi connectivity index (χ1) is 14.5. The summed E-state index contributed by atoms with van der Waals surface area (Å²) in [5.74, 6) is 0.925. The average Bonchev–Trinajstić information content (AvgIpc) is 3.46. The zero-order valence-corrected chi connectivity index (χ0v) is 18.3. The standard InChI is InChI=1S/C23H28N2O4S/c1-3-28-23(27)11-12-25(14-19-7-8-19)22(26)10-9-18-5-4-6-21(13-18)29-15-20-16-30-17(2)24-20/h4-6,9-10,13,16,19H,3,7-8,11-12,14-15H2,1-2H3/b10-9-. The maximum absolute atomic E-state index is 12.7. The van der Waals surface area contributed by atoms with Gasteiger partial charge in [0.05, 0.1) is 23.7 Å². The highest BCUT2D eigenvalue weighted by Crippen LogP contribution is 2.30. The first-order valence-electron chi connectivity index (χ1n) is 10.3. The van der Waals surface area contributed by atoms with Crippen molar-refractivity contribution in [3.8, 4) is 5.75 Å². The number of carbonyl (C=O) groups is 2. The van der Waals surface area contributed by atoms with Gasteiger partial charge in [-0.25, -0.2) is 4.98 Å². The van der Waals surface area contributed by atoms with Crippen molar-refractivity contribution < 1.29 is 19.1 Å². The monoisotopic (exact) mass is 428 g/mol. The Labute approximate surface area is 181 Å². The lowest BCUT2D eigenvalue weighted by molar-refractivity contribution is -0.143. The molecular formula is C23H28N2O4S. The van der Waals surface area contributed by atoms with Gasteiger partial charge in [-0.15, -0.1) is 11.3 Å². The van der Waals surface area contributed by atoms with Gasteiger partial charge in [0, 0.05) is 24.5 Å². The van der Waals surface area contributed by atoms with E-state index in [0.29, 0.717) is 32.2 Å². The van der Waals surface area contributed by atoms with Crippen molar-refractivity contribution in [1.29, 1.82) is 0 Å². The van der Waals surface area contributed by atoms with Crippen molar-refractivity contribution in [1.82, 2.24) is 9.88 Å². The smallest absolute Gasteiger partial charge is 0.307 e. The van der Waals surface area contributed by atoms with Gasteiger partial charge in [-0.1, -0.05) is 12.1 Å². The van der Waals surface area contributed by atoms with Crippen LogP contribution in [0.2, 0.25) is 0 Å². The molecule has 3 rings (SSSR count). The second kappa shape index (κ2) is 10.9. The SMILES string of the molecule is CCOC(=O)CCN(CC1CC1)C(=O)/C=C\c1cccc(OCc2csc(C)n2)c1. The molecule has 7 heteroatoms. The van der Waals surface area contributed by atoms with E-state index >= 15 is 0 Å². The Morgan fingerprint density at radius 2 is 2.17 bits per heavy atom. The van der Waals surface area contributed by atoms with E-state index in [2.05, 4.69) is 4.98 Å². The number of benzene rings is 1. The normalized spacial score (nSPS) is 13.4. The van der Waals surface area contributed by atoms with E-state index in [1.807, 2.05) is 36.6 Å². The Kier molecular flexibility index (Phi) is 8.02. The number of aryl methyl sites for hydroxylation is 1. The van der Waals surface area contributed by atoms with Gasteiger partial charge in [-0.2, -0.15) is 0 Å². The largest absolute Gasteiger partial charge is 0.487 e. The summed E-state index contributed by atoms with van der Waals surface area (Å²) in [5.41, 5.74) is 1.79. The number of rotatable bonds is 11. The molecule has 0 atom stereocenters. The van der Waals surface area contributed by atoms with Gasteiger partial charge in [0.1, 0.15) is 12.4 Å². The maximum Gasteiger partial charge on any atom is 0.307 e. The van der Waals surface area contributed by atoms with E-state index in [1.165, 1.54) is 0 Å². The molecule has 1 amide bonds. The third-order valence-corrected chi connectivity index (χ3v) is 5.53. The maximum atomic E-state index is 12.7. The second-order valence-corrected chi connectivity index (χ2v) is 8.40. The quantitative estimate of drug-likeness (QED) is 0.396. The topological polar surface area (TPSA) is 68.7 Å². The lowest BCUT2D eigenvalue weighted by Gasteiger charge is -2.20. The molecule has 160 valence electrons. The minimum atomic E-state index is -0.268.